The topological polar surface area (TPSA) is 58.6 Å². The number of benzene rings is 1. The summed E-state index contributed by atoms with van der Waals surface area (Å²) in [6.07, 6.45) is 1.34. The van der Waals surface area contributed by atoms with E-state index in [1.807, 2.05) is 38.1 Å². The van der Waals surface area contributed by atoms with Gasteiger partial charge in [0.25, 0.3) is 0 Å². The molecule has 1 aromatic rings. The number of nitrogens with one attached hydrogen (secondary N) is 1. The van der Waals surface area contributed by atoms with Gasteiger partial charge in [0.2, 0.25) is 11.8 Å². The van der Waals surface area contributed by atoms with Gasteiger partial charge in [-0.05, 0) is 37.6 Å². The van der Waals surface area contributed by atoms with Gasteiger partial charge in [0.05, 0.1) is 6.61 Å². The molecular weight excluding hydrogens is 268 g/mol. The van der Waals surface area contributed by atoms with E-state index in [0.717, 1.165) is 17.9 Å². The first kappa shape index (κ1) is 17.0. The molecule has 0 aliphatic heterocycles. The zero-order chi connectivity index (χ0) is 15.7. The Hall–Kier alpha value is -2.04. The lowest BCUT2D eigenvalue weighted by molar-refractivity contribution is -0.121. The number of carbonyl (C=O) groups is 2. The van der Waals surface area contributed by atoms with Crippen molar-refractivity contribution in [2.45, 2.75) is 33.6 Å². The molecule has 0 aliphatic rings. The molecule has 0 bridgehead atoms. The fourth-order valence-electron chi connectivity index (χ4n) is 1.98. The molecule has 0 spiro atoms. The van der Waals surface area contributed by atoms with Gasteiger partial charge < -0.3 is 15.0 Å². The van der Waals surface area contributed by atoms with Gasteiger partial charge in [-0.15, -0.1) is 0 Å². The molecule has 0 heterocycles. The van der Waals surface area contributed by atoms with Crippen LogP contribution in [0.5, 0.6) is 5.75 Å². The molecule has 0 saturated carbocycles. The van der Waals surface area contributed by atoms with Crippen LogP contribution < -0.4 is 15.0 Å². The van der Waals surface area contributed by atoms with E-state index in [4.69, 9.17) is 4.74 Å². The average molecular weight is 292 g/mol. The lowest BCUT2D eigenvalue weighted by atomic mass is 10.2. The van der Waals surface area contributed by atoms with Crippen LogP contribution in [0.25, 0.3) is 0 Å². The van der Waals surface area contributed by atoms with Crippen molar-refractivity contribution in [1.82, 2.24) is 5.32 Å². The molecule has 21 heavy (non-hydrogen) atoms. The van der Waals surface area contributed by atoms with E-state index in [-0.39, 0.29) is 11.8 Å². The van der Waals surface area contributed by atoms with Crippen LogP contribution in [0.15, 0.2) is 24.3 Å². The van der Waals surface area contributed by atoms with Crippen molar-refractivity contribution >= 4 is 17.5 Å². The number of rotatable bonds is 8. The molecule has 0 aromatic heterocycles. The third kappa shape index (κ3) is 5.85. The van der Waals surface area contributed by atoms with E-state index in [2.05, 4.69) is 5.32 Å². The Morgan fingerprint density at radius 1 is 1.19 bits per heavy atom. The molecule has 5 nitrogen and oxygen atoms in total. The van der Waals surface area contributed by atoms with Crippen LogP contribution in [-0.4, -0.2) is 31.5 Å². The molecule has 1 aromatic carbocycles. The molecule has 0 aliphatic carbocycles. The second-order valence-corrected chi connectivity index (χ2v) is 4.70. The Morgan fingerprint density at radius 2 is 1.86 bits per heavy atom. The Bertz CT molecular complexity index is 457. The van der Waals surface area contributed by atoms with Gasteiger partial charge in [-0.2, -0.15) is 0 Å². The molecule has 0 saturated heterocycles. The molecule has 0 atom stereocenters. The van der Waals surface area contributed by atoms with Crippen molar-refractivity contribution in [1.29, 1.82) is 0 Å². The highest BCUT2D eigenvalue weighted by Gasteiger charge is 2.11. The van der Waals surface area contributed by atoms with Crippen molar-refractivity contribution in [3.8, 4) is 5.75 Å². The van der Waals surface area contributed by atoms with Crippen LogP contribution >= 0.6 is 0 Å². The van der Waals surface area contributed by atoms with Gasteiger partial charge in [0, 0.05) is 32.1 Å². The first-order valence-corrected chi connectivity index (χ1v) is 7.36. The molecule has 1 N–H and O–H groups in total. The fourth-order valence-corrected chi connectivity index (χ4v) is 1.98. The molecule has 5 heteroatoms. The summed E-state index contributed by atoms with van der Waals surface area (Å²) in [6.45, 7) is 6.92. The summed E-state index contributed by atoms with van der Waals surface area (Å²) in [4.78, 5) is 24.8. The van der Waals surface area contributed by atoms with Gasteiger partial charge in [-0.3, -0.25) is 9.59 Å². The zero-order valence-electron chi connectivity index (χ0n) is 13.0. The first-order chi connectivity index (χ1) is 10.1. The monoisotopic (exact) mass is 292 g/mol. The van der Waals surface area contributed by atoms with Crippen LogP contribution in [0.1, 0.15) is 33.6 Å². The number of amides is 2. The second-order valence-electron chi connectivity index (χ2n) is 4.70. The number of anilines is 1. The highest BCUT2D eigenvalue weighted by molar-refractivity contribution is 5.91. The largest absolute Gasteiger partial charge is 0.494 e. The predicted molar refractivity (Wildman–Crippen MR) is 83.6 cm³/mol. The highest BCUT2D eigenvalue weighted by Crippen LogP contribution is 2.19. The summed E-state index contributed by atoms with van der Waals surface area (Å²) < 4.78 is 5.38. The van der Waals surface area contributed by atoms with Crippen LogP contribution in [0.2, 0.25) is 0 Å². The molecule has 0 radical (unpaired) electrons. The Labute approximate surface area is 126 Å². The van der Waals surface area contributed by atoms with Crippen molar-refractivity contribution in [3.63, 3.8) is 0 Å². The Kier molecular flexibility index (Phi) is 7.29. The maximum absolute atomic E-state index is 11.7. The van der Waals surface area contributed by atoms with Crippen LogP contribution in [0.4, 0.5) is 5.69 Å². The summed E-state index contributed by atoms with van der Waals surface area (Å²) in [6, 6.07) is 7.37. The maximum atomic E-state index is 11.7. The summed E-state index contributed by atoms with van der Waals surface area (Å²) in [5.41, 5.74) is 0.802. The van der Waals surface area contributed by atoms with E-state index in [1.165, 1.54) is 6.92 Å². The van der Waals surface area contributed by atoms with Gasteiger partial charge >= 0.3 is 0 Å². The normalized spacial score (nSPS) is 10.0. The Morgan fingerprint density at radius 3 is 2.38 bits per heavy atom. The van der Waals surface area contributed by atoms with E-state index < -0.39 is 0 Å². The van der Waals surface area contributed by atoms with Crippen LogP contribution in [0, 0.1) is 0 Å². The smallest absolute Gasteiger partial charge is 0.223 e. The van der Waals surface area contributed by atoms with E-state index in [1.54, 1.807) is 4.90 Å². The van der Waals surface area contributed by atoms with Crippen molar-refractivity contribution in [2.24, 2.45) is 0 Å². The Balaban J connectivity index is 2.60. The van der Waals surface area contributed by atoms with Crippen molar-refractivity contribution < 1.29 is 14.3 Å². The van der Waals surface area contributed by atoms with Gasteiger partial charge in [0.15, 0.2) is 0 Å². The molecule has 2 amide bonds. The van der Waals surface area contributed by atoms with E-state index >= 15 is 0 Å². The highest BCUT2D eigenvalue weighted by atomic mass is 16.5. The van der Waals surface area contributed by atoms with Gasteiger partial charge in [-0.1, -0.05) is 6.92 Å². The summed E-state index contributed by atoms with van der Waals surface area (Å²) in [7, 11) is 0. The lowest BCUT2D eigenvalue weighted by Crippen LogP contribution is -2.37. The summed E-state index contributed by atoms with van der Waals surface area (Å²) in [5, 5.41) is 2.81. The van der Waals surface area contributed by atoms with Crippen molar-refractivity contribution in [2.75, 3.05) is 24.6 Å². The SMILES string of the molecule is CCCC(=O)NCCN(C(C)=O)c1ccc(OCC)cc1. The minimum absolute atomic E-state index is 0.0210. The average Bonchev–Trinajstić information content (AvgIpc) is 2.45. The number of hydrogen-bond acceptors (Lipinski definition) is 3. The number of carbonyl (C=O) groups excluding carboxylic acids is 2. The molecule has 116 valence electrons. The number of hydrogen-bond donors (Lipinski definition) is 1. The zero-order valence-corrected chi connectivity index (χ0v) is 13.0. The van der Waals surface area contributed by atoms with Gasteiger partial charge in [0.1, 0.15) is 5.75 Å². The number of nitrogens with zero attached hydrogens (tertiary/aromatic N) is 1. The summed E-state index contributed by atoms with van der Waals surface area (Å²) in [5.74, 6) is 0.748. The summed E-state index contributed by atoms with van der Waals surface area (Å²) >= 11 is 0. The third-order valence-electron chi connectivity index (χ3n) is 2.97. The first-order valence-electron chi connectivity index (χ1n) is 7.36. The minimum Gasteiger partial charge on any atom is -0.494 e. The second kappa shape index (κ2) is 9.00. The fraction of sp³-hybridized carbons (Fsp3) is 0.500. The van der Waals surface area contributed by atoms with Gasteiger partial charge in [-0.25, -0.2) is 0 Å². The molecular formula is C16H24N2O3. The van der Waals surface area contributed by atoms with Crippen LogP contribution in [0.3, 0.4) is 0 Å². The van der Waals surface area contributed by atoms with E-state index in [0.29, 0.717) is 26.1 Å². The molecule has 0 fully saturated rings. The van der Waals surface area contributed by atoms with Crippen molar-refractivity contribution in [3.05, 3.63) is 24.3 Å². The lowest BCUT2D eigenvalue weighted by Gasteiger charge is -2.21. The minimum atomic E-state index is -0.0519. The standard InChI is InChI=1S/C16H24N2O3/c1-4-6-16(20)17-11-12-18(13(3)19)14-7-9-15(10-8-14)21-5-2/h7-10H,4-6,11-12H2,1-3H3,(H,17,20). The quantitative estimate of drug-likeness (QED) is 0.800. The molecule has 1 rings (SSSR count). The number of ether oxygens (including phenoxy) is 1. The predicted octanol–water partition coefficient (Wildman–Crippen LogP) is 2.35. The third-order valence-corrected chi connectivity index (χ3v) is 2.97. The van der Waals surface area contributed by atoms with Crippen LogP contribution in [-0.2, 0) is 9.59 Å². The molecule has 0 unspecified atom stereocenters. The van der Waals surface area contributed by atoms with E-state index in [9.17, 15) is 9.59 Å². The maximum Gasteiger partial charge on any atom is 0.223 e.